The molecule has 0 bridgehead atoms. The Balaban J connectivity index is 0.000000305. The van der Waals surface area contributed by atoms with Gasteiger partial charge in [-0.25, -0.2) is 14.0 Å². The van der Waals surface area contributed by atoms with Gasteiger partial charge in [0.05, 0.1) is 27.8 Å². The number of ketones is 1. The highest BCUT2D eigenvalue weighted by molar-refractivity contribution is 6.31. The highest BCUT2D eigenvalue weighted by Gasteiger charge is 2.61. The number of carbonyl (C=O) groups is 1. The van der Waals surface area contributed by atoms with E-state index < -0.39 is 57.7 Å². The molecule has 5 aromatic rings. The Morgan fingerprint density at radius 1 is 0.891 bits per heavy atom. The number of halogens is 5. The predicted molar refractivity (Wildman–Crippen MR) is 163 cm³/mol. The van der Waals surface area contributed by atoms with Crippen LogP contribution in [0.25, 0.3) is 21.5 Å². The molecule has 0 aliphatic carbocycles. The minimum atomic E-state index is -5.45. The maximum atomic E-state index is 14.5. The van der Waals surface area contributed by atoms with Crippen molar-refractivity contribution >= 4 is 50.3 Å². The zero-order valence-electron chi connectivity index (χ0n) is 24.8. The second-order valence-electron chi connectivity index (χ2n) is 11.2. The van der Waals surface area contributed by atoms with Crippen LogP contribution in [0.1, 0.15) is 47.6 Å². The van der Waals surface area contributed by atoms with E-state index in [9.17, 15) is 37.1 Å². The summed E-state index contributed by atoms with van der Waals surface area (Å²) in [5.41, 5.74) is 4.44. The lowest BCUT2D eigenvalue weighted by molar-refractivity contribution is -0.243. The van der Waals surface area contributed by atoms with Crippen LogP contribution in [0.3, 0.4) is 0 Å². The van der Waals surface area contributed by atoms with Crippen molar-refractivity contribution in [1.29, 1.82) is 0 Å². The molecule has 0 saturated carbocycles. The molecule has 10 nitrogen and oxygen atoms in total. The number of alkyl halides is 3. The van der Waals surface area contributed by atoms with Crippen LogP contribution in [0.5, 0.6) is 0 Å². The molecule has 0 amide bonds. The van der Waals surface area contributed by atoms with Gasteiger partial charge in [-0.3, -0.25) is 4.79 Å². The van der Waals surface area contributed by atoms with E-state index >= 15 is 0 Å². The number of rotatable bonds is 5. The van der Waals surface area contributed by atoms with Crippen molar-refractivity contribution in [1.82, 2.24) is 10.3 Å². The van der Waals surface area contributed by atoms with Crippen LogP contribution in [0.4, 0.5) is 28.9 Å². The lowest BCUT2D eigenvalue weighted by Gasteiger charge is -2.37. The Kier molecular flexibility index (Phi) is 9.01. The largest absolute Gasteiger partial charge is 0.424 e. The highest BCUT2D eigenvalue weighted by atomic mass is 35.5. The molecule has 1 unspecified atom stereocenters. The van der Waals surface area contributed by atoms with E-state index in [1.807, 2.05) is 0 Å². The first kappa shape index (κ1) is 34.1. The fourth-order valence-corrected chi connectivity index (χ4v) is 5.75. The van der Waals surface area contributed by atoms with Gasteiger partial charge < -0.3 is 25.6 Å². The number of nitrogens with zero attached hydrogens (tertiary/aromatic N) is 2. The fourth-order valence-electron chi connectivity index (χ4n) is 5.34. The number of nitrogens with two attached hydrogens (primary N) is 2. The Morgan fingerprint density at radius 2 is 1.43 bits per heavy atom. The molecule has 1 atom stereocenters. The number of aromatic nitrogens is 2. The van der Waals surface area contributed by atoms with Gasteiger partial charge in [0, 0.05) is 39.0 Å². The van der Waals surface area contributed by atoms with Crippen molar-refractivity contribution in [2.75, 3.05) is 11.5 Å². The molecule has 0 spiro atoms. The Hall–Kier alpha value is -4.82. The maximum Gasteiger partial charge on any atom is 0.424 e. The summed E-state index contributed by atoms with van der Waals surface area (Å²) in [4.78, 5) is 36.2. The molecule has 242 valence electrons. The Bertz CT molecular complexity index is 2080. The number of anilines is 2. The van der Waals surface area contributed by atoms with Gasteiger partial charge >= 0.3 is 17.4 Å². The normalized spacial score (nSPS) is 13.3. The first-order chi connectivity index (χ1) is 21.3. The van der Waals surface area contributed by atoms with Crippen LogP contribution in [-0.4, -0.2) is 33.0 Å². The summed E-state index contributed by atoms with van der Waals surface area (Å²) in [5.74, 6) is -2.65. The summed E-state index contributed by atoms with van der Waals surface area (Å²) >= 11 is 6.02. The summed E-state index contributed by atoms with van der Waals surface area (Å²) in [6.45, 7) is 5.59. The van der Waals surface area contributed by atoms with E-state index in [-0.39, 0.29) is 27.1 Å². The molecule has 0 fully saturated rings. The van der Waals surface area contributed by atoms with Gasteiger partial charge in [-0.1, -0.05) is 47.9 Å². The number of benzene rings is 3. The smallest absolute Gasteiger partial charge is 0.398 e. The first-order valence-corrected chi connectivity index (χ1v) is 13.8. The lowest BCUT2D eigenvalue weighted by atomic mass is 9.72. The highest BCUT2D eigenvalue weighted by Crippen LogP contribution is 2.46. The van der Waals surface area contributed by atoms with E-state index in [4.69, 9.17) is 23.1 Å². The number of nitrogen functional groups attached to an aromatic ring is 2. The third-order valence-electron chi connectivity index (χ3n) is 7.46. The Labute approximate surface area is 262 Å². The summed E-state index contributed by atoms with van der Waals surface area (Å²) in [5, 5.41) is 18.7. The second-order valence-corrected chi connectivity index (χ2v) is 11.6. The number of fused-ring (bicyclic) bond motifs is 2. The second kappa shape index (κ2) is 12.2. The Morgan fingerprint density at radius 3 is 1.98 bits per heavy atom. The standard InChI is InChI=1S/C22H19ClF4N2O4.C9H8N2O2/c1-10-15-11(19(31)33-29-10)7-8-12(17(15)28)18(30)21(32,22(25,26)27)9-20(2,3)16-13(23)5-4-6-14(16)24;1-5-8-6(9(12)13-11-5)3-2-4-7(8)10/h4-8,32H,9,28H2,1-3H3;2-4H,10H2,1H3. The molecule has 2 heterocycles. The minimum Gasteiger partial charge on any atom is -0.398 e. The van der Waals surface area contributed by atoms with Crippen molar-refractivity contribution in [2.45, 2.75) is 51.3 Å². The number of hydrogen-bond donors (Lipinski definition) is 3. The van der Waals surface area contributed by atoms with Crippen LogP contribution in [0.2, 0.25) is 5.02 Å². The zero-order valence-corrected chi connectivity index (χ0v) is 25.5. The van der Waals surface area contributed by atoms with E-state index in [0.29, 0.717) is 22.2 Å². The molecule has 46 heavy (non-hydrogen) atoms. The molecule has 15 heteroatoms. The van der Waals surface area contributed by atoms with E-state index in [1.54, 1.807) is 25.1 Å². The fraction of sp³-hybridized carbons (Fsp3) is 0.258. The zero-order chi connectivity index (χ0) is 34.4. The van der Waals surface area contributed by atoms with Crippen LogP contribution in [-0.2, 0) is 5.41 Å². The predicted octanol–water partition coefficient (Wildman–Crippen LogP) is 5.79. The number of aliphatic hydroxyl groups is 1. The van der Waals surface area contributed by atoms with E-state index in [2.05, 4.69) is 19.4 Å². The van der Waals surface area contributed by atoms with E-state index in [0.717, 1.165) is 18.2 Å². The number of hydrogen-bond acceptors (Lipinski definition) is 10. The molecule has 0 aliphatic rings. The van der Waals surface area contributed by atoms with Crippen LogP contribution >= 0.6 is 11.6 Å². The molecule has 0 saturated heterocycles. The quantitative estimate of drug-likeness (QED) is 0.119. The summed E-state index contributed by atoms with van der Waals surface area (Å²) in [6.07, 6.45) is -6.71. The van der Waals surface area contributed by atoms with Crippen molar-refractivity contribution < 1.29 is 36.5 Å². The summed E-state index contributed by atoms with van der Waals surface area (Å²) in [7, 11) is 0. The lowest BCUT2D eigenvalue weighted by Crippen LogP contribution is -2.55. The summed E-state index contributed by atoms with van der Waals surface area (Å²) < 4.78 is 66.1. The van der Waals surface area contributed by atoms with Crippen LogP contribution < -0.4 is 22.7 Å². The average molecular weight is 663 g/mol. The van der Waals surface area contributed by atoms with Crippen molar-refractivity contribution in [3.8, 4) is 0 Å². The topological polar surface area (TPSA) is 176 Å². The van der Waals surface area contributed by atoms with E-state index in [1.165, 1.54) is 32.9 Å². The van der Waals surface area contributed by atoms with Gasteiger partial charge in [0.1, 0.15) is 5.82 Å². The maximum absolute atomic E-state index is 14.5. The minimum absolute atomic E-state index is 0.0609. The SMILES string of the molecule is Cc1noc(=O)c2ccc(C(=O)C(O)(CC(C)(C)c3c(F)cccc3Cl)C(F)(F)F)c(N)c12.Cc1noc(=O)c2cccc(N)c12. The molecular formula is C31H27ClF4N4O6. The first-order valence-electron chi connectivity index (χ1n) is 13.4. The number of Topliss-reactive ketones (excluding diaryl/α,β-unsaturated/α-hetero) is 1. The molecule has 0 aliphatic heterocycles. The molecule has 0 radical (unpaired) electrons. The van der Waals surface area contributed by atoms with Crippen molar-refractivity contribution in [3.05, 3.63) is 103 Å². The van der Waals surface area contributed by atoms with Gasteiger partial charge in [-0.15, -0.1) is 0 Å². The van der Waals surface area contributed by atoms with Crippen molar-refractivity contribution in [2.24, 2.45) is 0 Å². The summed E-state index contributed by atoms with van der Waals surface area (Å²) in [6, 6.07) is 10.7. The molecule has 5 N–H and O–H groups in total. The van der Waals surface area contributed by atoms with Crippen LogP contribution in [0, 0.1) is 19.7 Å². The monoisotopic (exact) mass is 662 g/mol. The van der Waals surface area contributed by atoms with Gasteiger partial charge in [-0.2, -0.15) is 13.2 Å². The van der Waals surface area contributed by atoms with Gasteiger partial charge in [-0.05, 0) is 55.7 Å². The molecular weight excluding hydrogens is 636 g/mol. The average Bonchev–Trinajstić information content (AvgIpc) is 2.96. The molecule has 5 rings (SSSR count). The van der Waals surface area contributed by atoms with Gasteiger partial charge in [0.2, 0.25) is 11.4 Å². The van der Waals surface area contributed by atoms with Crippen molar-refractivity contribution in [3.63, 3.8) is 0 Å². The third-order valence-corrected chi connectivity index (χ3v) is 7.78. The third kappa shape index (κ3) is 6.05. The van der Waals surface area contributed by atoms with Gasteiger partial charge in [0.25, 0.3) is 0 Å². The molecule has 3 aromatic carbocycles. The van der Waals surface area contributed by atoms with Gasteiger partial charge in [0.15, 0.2) is 0 Å². The molecule has 2 aromatic heterocycles. The number of aryl methyl sites for hydroxylation is 2. The number of carbonyl (C=O) groups excluding carboxylic acids is 1. The van der Waals surface area contributed by atoms with Crippen LogP contribution in [0.15, 0.2) is 67.2 Å².